The normalized spacial score (nSPS) is 15.4. The first-order valence-corrected chi connectivity index (χ1v) is 10.2. The van der Waals surface area contributed by atoms with Crippen molar-refractivity contribution in [2.75, 3.05) is 18.1 Å². The van der Waals surface area contributed by atoms with Gasteiger partial charge < -0.3 is 9.47 Å². The molecular formula is C22H21BrN2O5. The molecule has 0 atom stereocenters. The van der Waals surface area contributed by atoms with Gasteiger partial charge in [-0.2, -0.15) is 0 Å². The smallest absolute Gasteiger partial charge is 0.335 e. The Morgan fingerprint density at radius 2 is 1.77 bits per heavy atom. The van der Waals surface area contributed by atoms with Crippen LogP contribution in [0.4, 0.5) is 10.5 Å². The lowest BCUT2D eigenvalue weighted by Gasteiger charge is -2.27. The van der Waals surface area contributed by atoms with Gasteiger partial charge in [0.15, 0.2) is 0 Å². The monoisotopic (exact) mass is 472 g/mol. The summed E-state index contributed by atoms with van der Waals surface area (Å²) in [6, 6.07) is 9.40. The van der Waals surface area contributed by atoms with Crippen LogP contribution in [-0.2, 0) is 9.59 Å². The fourth-order valence-electron chi connectivity index (χ4n) is 2.99. The minimum absolute atomic E-state index is 0.166. The summed E-state index contributed by atoms with van der Waals surface area (Å²) in [6.45, 7) is 6.44. The largest absolute Gasteiger partial charge is 0.494 e. The Bertz CT molecular complexity index is 1050. The van der Waals surface area contributed by atoms with Gasteiger partial charge in [0.1, 0.15) is 17.1 Å². The zero-order valence-electron chi connectivity index (χ0n) is 16.8. The molecule has 3 rings (SSSR count). The van der Waals surface area contributed by atoms with Crippen LogP contribution in [0, 0.1) is 6.92 Å². The fraction of sp³-hybridized carbons (Fsp3) is 0.227. The van der Waals surface area contributed by atoms with Crippen LogP contribution < -0.4 is 19.7 Å². The first kappa shape index (κ1) is 21.6. The lowest BCUT2D eigenvalue weighted by atomic mass is 10.1. The molecule has 1 aliphatic rings. The van der Waals surface area contributed by atoms with Crippen molar-refractivity contribution in [1.82, 2.24) is 5.32 Å². The van der Waals surface area contributed by atoms with Gasteiger partial charge in [-0.05, 0) is 62.7 Å². The van der Waals surface area contributed by atoms with Gasteiger partial charge in [-0.1, -0.05) is 15.9 Å². The zero-order valence-corrected chi connectivity index (χ0v) is 18.4. The molecule has 0 saturated carbocycles. The van der Waals surface area contributed by atoms with E-state index in [1.807, 2.05) is 20.8 Å². The average molecular weight is 473 g/mol. The van der Waals surface area contributed by atoms with Crippen LogP contribution in [0.2, 0.25) is 0 Å². The predicted octanol–water partition coefficient (Wildman–Crippen LogP) is 4.22. The van der Waals surface area contributed by atoms with Gasteiger partial charge in [-0.25, -0.2) is 9.69 Å². The number of halogens is 1. The minimum atomic E-state index is -0.791. The third-order valence-electron chi connectivity index (χ3n) is 4.40. The summed E-state index contributed by atoms with van der Waals surface area (Å²) in [6.07, 6.45) is 1.42. The van der Waals surface area contributed by atoms with Crippen molar-refractivity contribution < 1.29 is 23.9 Å². The number of nitrogens with one attached hydrogen (secondary N) is 1. The summed E-state index contributed by atoms with van der Waals surface area (Å²) in [4.78, 5) is 38.9. The first-order chi connectivity index (χ1) is 14.3. The molecule has 0 radical (unpaired) electrons. The van der Waals surface area contributed by atoms with E-state index in [0.717, 1.165) is 14.9 Å². The van der Waals surface area contributed by atoms with E-state index >= 15 is 0 Å². The summed E-state index contributed by atoms with van der Waals surface area (Å²) in [7, 11) is 0. The number of rotatable bonds is 6. The van der Waals surface area contributed by atoms with Crippen LogP contribution >= 0.6 is 15.9 Å². The predicted molar refractivity (Wildman–Crippen MR) is 117 cm³/mol. The number of urea groups is 1. The number of imide groups is 2. The number of hydrogen-bond acceptors (Lipinski definition) is 5. The molecule has 0 bridgehead atoms. The lowest BCUT2D eigenvalue weighted by Crippen LogP contribution is -2.54. The number of ether oxygens (including phenoxy) is 2. The van der Waals surface area contributed by atoms with Crippen molar-refractivity contribution in [2.45, 2.75) is 20.8 Å². The van der Waals surface area contributed by atoms with Crippen molar-refractivity contribution in [3.8, 4) is 11.5 Å². The number of amides is 4. The lowest BCUT2D eigenvalue weighted by molar-refractivity contribution is -0.122. The SMILES string of the molecule is CCOc1ccc(/C=C2\C(=O)NC(=O)N(c3ccc(Br)c(C)c3)C2=O)c(OCC)c1. The van der Waals surface area contributed by atoms with Crippen LogP contribution in [0.15, 0.2) is 46.4 Å². The molecule has 1 aliphatic heterocycles. The number of barbiturate groups is 1. The Morgan fingerprint density at radius 1 is 1.03 bits per heavy atom. The van der Waals surface area contributed by atoms with Gasteiger partial charge in [0.2, 0.25) is 0 Å². The van der Waals surface area contributed by atoms with E-state index in [4.69, 9.17) is 9.47 Å². The highest BCUT2D eigenvalue weighted by Gasteiger charge is 2.37. The van der Waals surface area contributed by atoms with E-state index in [2.05, 4.69) is 21.2 Å². The molecule has 0 spiro atoms. The maximum atomic E-state index is 13.1. The van der Waals surface area contributed by atoms with Gasteiger partial charge in [0, 0.05) is 16.1 Å². The second kappa shape index (κ2) is 9.13. The van der Waals surface area contributed by atoms with E-state index in [0.29, 0.717) is 36.0 Å². The molecule has 156 valence electrons. The van der Waals surface area contributed by atoms with E-state index in [-0.39, 0.29) is 5.57 Å². The number of anilines is 1. The summed E-state index contributed by atoms with van der Waals surface area (Å²) < 4.78 is 12.0. The number of hydrogen-bond donors (Lipinski definition) is 1. The molecule has 30 heavy (non-hydrogen) atoms. The van der Waals surface area contributed by atoms with Gasteiger partial charge in [-0.15, -0.1) is 0 Å². The third-order valence-corrected chi connectivity index (χ3v) is 5.29. The van der Waals surface area contributed by atoms with Crippen LogP contribution in [-0.4, -0.2) is 31.1 Å². The number of aryl methyl sites for hydroxylation is 1. The Labute approximate surface area is 182 Å². The van der Waals surface area contributed by atoms with Crippen LogP contribution in [0.25, 0.3) is 6.08 Å². The molecule has 0 aromatic heterocycles. The van der Waals surface area contributed by atoms with E-state index in [1.54, 1.807) is 36.4 Å². The Kier molecular flexibility index (Phi) is 6.56. The molecule has 0 aliphatic carbocycles. The van der Waals surface area contributed by atoms with Crippen molar-refractivity contribution >= 4 is 45.5 Å². The molecule has 2 aromatic carbocycles. The molecular weight excluding hydrogens is 452 g/mol. The highest BCUT2D eigenvalue weighted by Crippen LogP contribution is 2.30. The van der Waals surface area contributed by atoms with Crippen molar-refractivity contribution in [3.63, 3.8) is 0 Å². The summed E-state index contributed by atoms with van der Waals surface area (Å²) >= 11 is 3.40. The maximum Gasteiger partial charge on any atom is 0.335 e. The summed E-state index contributed by atoms with van der Waals surface area (Å²) in [5, 5.41) is 2.23. The number of carbonyl (C=O) groups excluding carboxylic acids is 3. The van der Waals surface area contributed by atoms with Crippen molar-refractivity contribution in [2.24, 2.45) is 0 Å². The van der Waals surface area contributed by atoms with Crippen LogP contribution in [0.5, 0.6) is 11.5 Å². The quantitative estimate of drug-likeness (QED) is 0.502. The number of benzene rings is 2. The van der Waals surface area contributed by atoms with Crippen molar-refractivity contribution in [3.05, 3.63) is 57.6 Å². The maximum absolute atomic E-state index is 13.1. The van der Waals surface area contributed by atoms with Crippen molar-refractivity contribution in [1.29, 1.82) is 0 Å². The second-order valence-electron chi connectivity index (χ2n) is 6.46. The number of carbonyl (C=O) groups is 3. The number of nitrogens with zero attached hydrogens (tertiary/aromatic N) is 1. The topological polar surface area (TPSA) is 84.9 Å². The molecule has 0 unspecified atom stereocenters. The Balaban J connectivity index is 2.03. The average Bonchev–Trinajstić information content (AvgIpc) is 2.69. The molecule has 1 heterocycles. The van der Waals surface area contributed by atoms with Crippen LogP contribution in [0.3, 0.4) is 0 Å². The highest BCUT2D eigenvalue weighted by atomic mass is 79.9. The van der Waals surface area contributed by atoms with E-state index in [1.165, 1.54) is 6.08 Å². The molecule has 2 aromatic rings. The first-order valence-electron chi connectivity index (χ1n) is 9.43. The van der Waals surface area contributed by atoms with Gasteiger partial charge in [0.05, 0.1) is 18.9 Å². The molecule has 8 heteroatoms. The van der Waals surface area contributed by atoms with E-state index in [9.17, 15) is 14.4 Å². The van der Waals surface area contributed by atoms with Gasteiger partial charge in [0.25, 0.3) is 11.8 Å². The molecule has 1 N–H and O–H groups in total. The highest BCUT2D eigenvalue weighted by molar-refractivity contribution is 9.10. The zero-order chi connectivity index (χ0) is 21.8. The Morgan fingerprint density at radius 3 is 2.43 bits per heavy atom. The second-order valence-corrected chi connectivity index (χ2v) is 7.31. The Hall–Kier alpha value is -3.13. The molecule has 1 saturated heterocycles. The molecule has 4 amide bonds. The van der Waals surface area contributed by atoms with E-state index < -0.39 is 17.8 Å². The fourth-order valence-corrected chi connectivity index (χ4v) is 3.23. The van der Waals surface area contributed by atoms with Gasteiger partial charge in [-0.3, -0.25) is 14.9 Å². The molecule has 1 fully saturated rings. The van der Waals surface area contributed by atoms with Crippen LogP contribution in [0.1, 0.15) is 25.0 Å². The third kappa shape index (κ3) is 4.38. The minimum Gasteiger partial charge on any atom is -0.494 e. The summed E-state index contributed by atoms with van der Waals surface area (Å²) in [5.41, 5.74) is 1.58. The molecule has 7 nitrogen and oxygen atoms in total. The summed E-state index contributed by atoms with van der Waals surface area (Å²) in [5.74, 6) is -0.377. The van der Waals surface area contributed by atoms with Gasteiger partial charge >= 0.3 is 6.03 Å². The standard InChI is InChI=1S/C22H21BrN2O5/c1-4-29-16-8-6-14(19(12-16)30-5-2)11-17-20(26)24-22(28)25(21(17)27)15-7-9-18(23)13(3)10-15/h6-12H,4-5H2,1-3H3,(H,24,26,28)/b17-11+.